The van der Waals surface area contributed by atoms with E-state index >= 15 is 0 Å². The Hall–Kier alpha value is -0.570. The summed E-state index contributed by atoms with van der Waals surface area (Å²) in [4.78, 5) is 10.4. The van der Waals surface area contributed by atoms with Crippen LogP contribution in [0.25, 0.3) is 0 Å². The lowest BCUT2D eigenvalue weighted by atomic mass is 10.4. The van der Waals surface area contributed by atoms with Crippen LogP contribution in [0, 0.1) is 0 Å². The van der Waals surface area contributed by atoms with Gasteiger partial charge in [0.2, 0.25) is 5.91 Å². The molecule has 0 aliphatic carbocycles. The lowest BCUT2D eigenvalue weighted by Crippen LogP contribution is -2.41. The van der Waals surface area contributed by atoms with Gasteiger partial charge >= 0.3 is 0 Å². The first-order chi connectivity index (χ1) is 3.55. The zero-order valence-electron chi connectivity index (χ0n) is 5.51. The molecule has 0 aromatic carbocycles. The standard InChI is InChI=1S/C5H12N2O/c1-4(2)7(6)5(3)8/h4H,6H2,1-3H3. The van der Waals surface area contributed by atoms with Crippen molar-refractivity contribution in [3.63, 3.8) is 0 Å². The molecular weight excluding hydrogens is 104 g/mol. The van der Waals surface area contributed by atoms with E-state index in [4.69, 9.17) is 5.84 Å². The van der Waals surface area contributed by atoms with E-state index < -0.39 is 0 Å². The van der Waals surface area contributed by atoms with Gasteiger partial charge in [-0.1, -0.05) is 0 Å². The fraction of sp³-hybridized carbons (Fsp3) is 0.800. The van der Waals surface area contributed by atoms with Gasteiger partial charge in [0.05, 0.1) is 0 Å². The van der Waals surface area contributed by atoms with Gasteiger partial charge in [0.25, 0.3) is 0 Å². The Balaban J connectivity index is 3.64. The number of hydrogen-bond donors (Lipinski definition) is 1. The molecule has 0 atom stereocenters. The first-order valence-electron chi connectivity index (χ1n) is 2.60. The molecule has 0 saturated carbocycles. The minimum atomic E-state index is -0.0972. The van der Waals surface area contributed by atoms with E-state index in [1.165, 1.54) is 11.9 Å². The summed E-state index contributed by atoms with van der Waals surface area (Å²) in [6, 6.07) is 0.104. The summed E-state index contributed by atoms with van der Waals surface area (Å²) in [6.45, 7) is 5.17. The van der Waals surface area contributed by atoms with Crippen LogP contribution in [0.3, 0.4) is 0 Å². The van der Waals surface area contributed by atoms with Gasteiger partial charge in [-0.05, 0) is 13.8 Å². The summed E-state index contributed by atoms with van der Waals surface area (Å²) in [5.74, 6) is 5.15. The number of carbonyl (C=O) groups is 1. The van der Waals surface area contributed by atoms with E-state index in [9.17, 15) is 4.79 Å². The molecule has 0 aromatic heterocycles. The second kappa shape index (κ2) is 2.67. The Morgan fingerprint density at radius 1 is 1.62 bits per heavy atom. The van der Waals surface area contributed by atoms with Crippen molar-refractivity contribution in [3.05, 3.63) is 0 Å². The summed E-state index contributed by atoms with van der Waals surface area (Å²) in [6.07, 6.45) is 0. The maximum Gasteiger partial charge on any atom is 0.233 e. The van der Waals surface area contributed by atoms with Crippen LogP contribution in [0.1, 0.15) is 20.8 Å². The molecule has 0 unspecified atom stereocenters. The van der Waals surface area contributed by atoms with E-state index in [-0.39, 0.29) is 11.9 Å². The Labute approximate surface area is 49.4 Å². The second-order valence-corrected chi connectivity index (χ2v) is 2.02. The minimum absolute atomic E-state index is 0.0972. The molecule has 0 spiro atoms. The van der Waals surface area contributed by atoms with Crippen molar-refractivity contribution < 1.29 is 4.79 Å². The maximum absolute atomic E-state index is 10.4. The molecule has 2 N–H and O–H groups in total. The number of nitrogens with zero attached hydrogens (tertiary/aromatic N) is 1. The predicted molar refractivity (Wildman–Crippen MR) is 31.8 cm³/mol. The molecule has 0 aliphatic rings. The molecule has 0 aliphatic heterocycles. The van der Waals surface area contributed by atoms with Gasteiger partial charge in [0.15, 0.2) is 0 Å². The van der Waals surface area contributed by atoms with E-state index in [0.29, 0.717) is 0 Å². The highest BCUT2D eigenvalue weighted by Gasteiger charge is 2.04. The molecule has 0 aromatic rings. The normalized spacial score (nSPS) is 9.62. The van der Waals surface area contributed by atoms with Crippen molar-refractivity contribution in [2.24, 2.45) is 5.84 Å². The molecule has 0 saturated heterocycles. The van der Waals surface area contributed by atoms with Crippen LogP contribution in [-0.2, 0) is 4.79 Å². The van der Waals surface area contributed by atoms with Crippen LogP contribution in [-0.4, -0.2) is 17.0 Å². The van der Waals surface area contributed by atoms with E-state index in [2.05, 4.69) is 0 Å². The molecule has 0 radical (unpaired) electrons. The summed E-state index contributed by atoms with van der Waals surface area (Å²) in [5.41, 5.74) is 0. The second-order valence-electron chi connectivity index (χ2n) is 2.02. The van der Waals surface area contributed by atoms with Crippen molar-refractivity contribution in [1.82, 2.24) is 5.01 Å². The average Bonchev–Trinajstić information content (AvgIpc) is 1.64. The predicted octanol–water partition coefficient (Wildman–Crippen LogP) is 0.117. The van der Waals surface area contributed by atoms with Crippen molar-refractivity contribution in [2.45, 2.75) is 26.8 Å². The highest BCUT2D eigenvalue weighted by atomic mass is 16.2. The lowest BCUT2D eigenvalue weighted by Gasteiger charge is -2.17. The van der Waals surface area contributed by atoms with Gasteiger partial charge in [-0.3, -0.25) is 9.80 Å². The van der Waals surface area contributed by atoms with Crippen LogP contribution in [0.15, 0.2) is 0 Å². The van der Waals surface area contributed by atoms with Crippen LogP contribution in [0.4, 0.5) is 0 Å². The molecule has 1 amide bonds. The van der Waals surface area contributed by atoms with E-state index in [0.717, 1.165) is 0 Å². The zero-order chi connectivity index (χ0) is 6.73. The molecular formula is C5H12N2O. The van der Waals surface area contributed by atoms with Gasteiger partial charge < -0.3 is 0 Å². The Morgan fingerprint density at radius 3 is 2.00 bits per heavy atom. The largest absolute Gasteiger partial charge is 0.278 e. The fourth-order valence-electron chi connectivity index (χ4n) is 0.364. The van der Waals surface area contributed by atoms with Crippen LogP contribution in [0.2, 0.25) is 0 Å². The van der Waals surface area contributed by atoms with E-state index in [1.807, 2.05) is 13.8 Å². The first-order valence-corrected chi connectivity index (χ1v) is 2.60. The van der Waals surface area contributed by atoms with Gasteiger partial charge in [0.1, 0.15) is 0 Å². The highest BCUT2D eigenvalue weighted by molar-refractivity contribution is 5.72. The molecule has 0 heterocycles. The zero-order valence-corrected chi connectivity index (χ0v) is 5.51. The third-order valence-electron chi connectivity index (χ3n) is 0.920. The number of amides is 1. The molecule has 0 fully saturated rings. The molecule has 48 valence electrons. The highest BCUT2D eigenvalue weighted by Crippen LogP contribution is 1.88. The number of nitrogens with two attached hydrogens (primary N) is 1. The van der Waals surface area contributed by atoms with E-state index in [1.54, 1.807) is 0 Å². The van der Waals surface area contributed by atoms with Crippen molar-refractivity contribution in [3.8, 4) is 0 Å². The van der Waals surface area contributed by atoms with Crippen LogP contribution >= 0.6 is 0 Å². The Bertz CT molecular complexity index is 90.4. The average molecular weight is 116 g/mol. The molecule has 0 bridgehead atoms. The summed E-state index contributed by atoms with van der Waals surface area (Å²) in [5, 5.41) is 1.19. The molecule has 8 heavy (non-hydrogen) atoms. The maximum atomic E-state index is 10.4. The number of rotatable bonds is 1. The van der Waals surface area contributed by atoms with Crippen LogP contribution in [0.5, 0.6) is 0 Å². The van der Waals surface area contributed by atoms with Crippen molar-refractivity contribution in [2.75, 3.05) is 0 Å². The van der Waals surface area contributed by atoms with Gasteiger partial charge in [0, 0.05) is 13.0 Å². The topological polar surface area (TPSA) is 46.3 Å². The molecule has 3 heteroatoms. The Morgan fingerprint density at radius 2 is 2.00 bits per heavy atom. The SMILES string of the molecule is CC(=O)N(N)C(C)C. The first kappa shape index (κ1) is 7.43. The number of hydrogen-bond acceptors (Lipinski definition) is 2. The van der Waals surface area contributed by atoms with Gasteiger partial charge in [-0.15, -0.1) is 0 Å². The van der Waals surface area contributed by atoms with Crippen LogP contribution < -0.4 is 5.84 Å². The molecule has 3 nitrogen and oxygen atoms in total. The lowest BCUT2D eigenvalue weighted by molar-refractivity contribution is -0.130. The number of hydrazine groups is 1. The molecule has 0 rings (SSSR count). The summed E-state index contributed by atoms with van der Waals surface area (Å²) in [7, 11) is 0. The fourth-order valence-corrected chi connectivity index (χ4v) is 0.364. The van der Waals surface area contributed by atoms with Gasteiger partial charge in [-0.25, -0.2) is 5.84 Å². The van der Waals surface area contributed by atoms with Gasteiger partial charge in [-0.2, -0.15) is 0 Å². The smallest absolute Gasteiger partial charge is 0.233 e. The van der Waals surface area contributed by atoms with Crippen molar-refractivity contribution in [1.29, 1.82) is 0 Å². The third kappa shape index (κ3) is 1.93. The van der Waals surface area contributed by atoms with Crippen molar-refractivity contribution >= 4 is 5.91 Å². The Kier molecular flexibility index (Phi) is 2.48. The minimum Gasteiger partial charge on any atom is -0.278 e. The summed E-state index contributed by atoms with van der Waals surface area (Å²) >= 11 is 0. The number of carbonyl (C=O) groups excluding carboxylic acids is 1. The summed E-state index contributed by atoms with van der Waals surface area (Å²) < 4.78 is 0. The third-order valence-corrected chi connectivity index (χ3v) is 0.920. The quantitative estimate of drug-likeness (QED) is 0.300. The monoisotopic (exact) mass is 116 g/mol.